The van der Waals surface area contributed by atoms with Gasteiger partial charge in [0.2, 0.25) is 0 Å². The molecule has 2 aromatic heterocycles. The van der Waals surface area contributed by atoms with Gasteiger partial charge < -0.3 is 9.47 Å². The van der Waals surface area contributed by atoms with E-state index < -0.39 is 4.92 Å². The van der Waals surface area contributed by atoms with Crippen molar-refractivity contribution in [3.63, 3.8) is 0 Å². The summed E-state index contributed by atoms with van der Waals surface area (Å²) in [6, 6.07) is 26.3. The van der Waals surface area contributed by atoms with Gasteiger partial charge in [-0.25, -0.2) is 9.97 Å². The van der Waals surface area contributed by atoms with Crippen LogP contribution in [-0.4, -0.2) is 14.9 Å². The maximum absolute atomic E-state index is 11.9. The van der Waals surface area contributed by atoms with E-state index in [0.29, 0.717) is 36.1 Å². The smallest absolute Gasteiger partial charge is 0.272 e. The summed E-state index contributed by atoms with van der Waals surface area (Å²) in [6.07, 6.45) is 3.21. The van der Waals surface area contributed by atoms with Crippen molar-refractivity contribution in [2.24, 2.45) is 0 Å². The van der Waals surface area contributed by atoms with Gasteiger partial charge in [-0.05, 0) is 69.2 Å². The number of hydrogen-bond donors (Lipinski definition) is 0. The van der Waals surface area contributed by atoms with Crippen molar-refractivity contribution in [1.29, 1.82) is 0 Å². The molecule has 0 saturated carbocycles. The summed E-state index contributed by atoms with van der Waals surface area (Å²) in [4.78, 5) is 20.1. The fraction of sp³-hybridized carbons (Fsp3) is 0.238. The number of benzene rings is 3. The Labute approximate surface area is 298 Å². The molecule has 50 heavy (non-hydrogen) atoms. The van der Waals surface area contributed by atoms with Crippen LogP contribution in [0.2, 0.25) is 5.02 Å². The van der Waals surface area contributed by atoms with E-state index in [1.165, 1.54) is 23.3 Å². The molecule has 0 amide bonds. The number of nitrogens with zero attached hydrogens (tertiary/aromatic N) is 3. The highest BCUT2D eigenvalue weighted by atomic mass is 35.5. The van der Waals surface area contributed by atoms with Gasteiger partial charge in [-0.2, -0.15) is 0 Å². The van der Waals surface area contributed by atoms with Crippen molar-refractivity contribution in [3.05, 3.63) is 157 Å². The minimum Gasteiger partial charge on any atom is -0.486 e. The summed E-state index contributed by atoms with van der Waals surface area (Å²) in [5.41, 5.74) is 5.60. The molecule has 8 heteroatoms. The van der Waals surface area contributed by atoms with Gasteiger partial charge in [0.25, 0.3) is 5.69 Å². The van der Waals surface area contributed by atoms with Gasteiger partial charge in [0, 0.05) is 24.5 Å². The number of hydrogen-bond acceptors (Lipinski definition) is 6. The topological polar surface area (TPSA) is 87.4 Å². The number of rotatable bonds is 7. The average molecular weight is 684 g/mol. The molecule has 0 aliphatic carbocycles. The van der Waals surface area contributed by atoms with Gasteiger partial charge in [-0.3, -0.25) is 10.1 Å². The fourth-order valence-corrected chi connectivity index (χ4v) is 5.08. The maximum Gasteiger partial charge on any atom is 0.272 e. The van der Waals surface area contributed by atoms with E-state index in [1.807, 2.05) is 24.3 Å². The highest BCUT2D eigenvalue weighted by Crippen LogP contribution is 2.28. The molecule has 0 bridgehead atoms. The third-order valence-corrected chi connectivity index (χ3v) is 8.28. The predicted molar refractivity (Wildman–Crippen MR) is 197 cm³/mol. The van der Waals surface area contributed by atoms with Crippen LogP contribution in [0.3, 0.4) is 0 Å². The van der Waals surface area contributed by atoms with Crippen LogP contribution in [-0.2, 0) is 24.0 Å². The van der Waals surface area contributed by atoms with Gasteiger partial charge in [-0.15, -0.1) is 0 Å². The summed E-state index contributed by atoms with van der Waals surface area (Å²) in [5, 5.41) is 12.0. The van der Waals surface area contributed by atoms with E-state index in [0.717, 1.165) is 11.1 Å². The zero-order valence-corrected chi connectivity index (χ0v) is 29.8. The number of non-ortho nitro benzene ring substituents is 1. The third-order valence-electron chi connectivity index (χ3n) is 7.87. The summed E-state index contributed by atoms with van der Waals surface area (Å²) in [6.45, 7) is 13.7. The van der Waals surface area contributed by atoms with Crippen LogP contribution in [0.25, 0.3) is 0 Å². The van der Waals surface area contributed by atoms with Crippen molar-refractivity contribution >= 4 is 17.3 Å². The molecular weight excluding hydrogens is 646 g/mol. The van der Waals surface area contributed by atoms with E-state index in [4.69, 9.17) is 21.1 Å². The first kappa shape index (κ1) is 35.7. The summed E-state index contributed by atoms with van der Waals surface area (Å²) in [5.74, 6) is 12.8. The Morgan fingerprint density at radius 2 is 1.06 bits per heavy atom. The molecule has 0 unspecified atom stereocenters. The minimum absolute atomic E-state index is 0.0558. The Balaban J connectivity index is 1.37. The Morgan fingerprint density at radius 3 is 1.42 bits per heavy atom. The molecule has 5 aromatic rings. The highest BCUT2D eigenvalue weighted by molar-refractivity contribution is 6.33. The molecule has 252 valence electrons. The minimum atomic E-state index is -0.507. The van der Waals surface area contributed by atoms with E-state index in [2.05, 4.69) is 99.5 Å². The number of nitro benzene ring substituents is 1. The zero-order chi connectivity index (χ0) is 35.9. The van der Waals surface area contributed by atoms with Gasteiger partial charge in [-0.1, -0.05) is 114 Å². The van der Waals surface area contributed by atoms with Crippen molar-refractivity contribution in [2.75, 3.05) is 0 Å². The Hall–Kier alpha value is -5.63. The second-order valence-corrected chi connectivity index (χ2v) is 14.2. The van der Waals surface area contributed by atoms with Crippen LogP contribution >= 0.6 is 11.6 Å². The molecule has 0 aliphatic heterocycles. The van der Waals surface area contributed by atoms with Gasteiger partial charge >= 0.3 is 0 Å². The van der Waals surface area contributed by atoms with Crippen molar-refractivity contribution in [3.8, 4) is 35.2 Å². The third kappa shape index (κ3) is 9.29. The van der Waals surface area contributed by atoms with E-state index in [1.54, 1.807) is 36.7 Å². The number of aromatic nitrogens is 2. The SMILES string of the molecule is CC(C)(C)c1ccc(COc2cccnc2C#Cc2cc([N+](=O)[O-])cc(C#Cc3ncccc3OCc3ccc(C(C)(C)C)cc3)c2Cl)cc1. The van der Waals surface area contributed by atoms with Crippen molar-refractivity contribution in [2.45, 2.75) is 65.6 Å². The first-order valence-corrected chi connectivity index (χ1v) is 16.5. The number of nitro groups is 1. The highest BCUT2D eigenvalue weighted by Gasteiger charge is 2.16. The van der Waals surface area contributed by atoms with E-state index in [-0.39, 0.29) is 32.7 Å². The second kappa shape index (κ2) is 15.3. The van der Waals surface area contributed by atoms with Crippen LogP contribution in [0.1, 0.15) is 86.3 Å². The van der Waals surface area contributed by atoms with E-state index >= 15 is 0 Å². The number of halogens is 1. The normalized spacial score (nSPS) is 11.1. The molecule has 0 atom stereocenters. The molecule has 3 aromatic carbocycles. The second-order valence-electron chi connectivity index (χ2n) is 13.8. The summed E-state index contributed by atoms with van der Waals surface area (Å²) < 4.78 is 12.1. The zero-order valence-electron chi connectivity index (χ0n) is 29.0. The largest absolute Gasteiger partial charge is 0.486 e. The number of ether oxygens (including phenoxy) is 2. The monoisotopic (exact) mass is 683 g/mol. The molecule has 0 spiro atoms. The van der Waals surface area contributed by atoms with E-state index in [9.17, 15) is 10.1 Å². The first-order chi connectivity index (χ1) is 23.8. The predicted octanol–water partition coefficient (Wildman–Crippen LogP) is 9.59. The lowest BCUT2D eigenvalue weighted by molar-refractivity contribution is -0.384. The van der Waals surface area contributed by atoms with Gasteiger partial charge in [0.15, 0.2) is 22.9 Å². The fourth-order valence-electron chi connectivity index (χ4n) is 4.88. The molecule has 0 N–H and O–H groups in total. The average Bonchev–Trinajstić information content (AvgIpc) is 3.09. The molecule has 0 saturated heterocycles. The molecule has 5 rings (SSSR count). The molecule has 0 fully saturated rings. The Bertz CT molecular complexity index is 1980. The van der Waals surface area contributed by atoms with Crippen molar-refractivity contribution < 1.29 is 14.4 Å². The Morgan fingerprint density at radius 1 is 0.660 bits per heavy atom. The lowest BCUT2D eigenvalue weighted by Crippen LogP contribution is -2.10. The lowest BCUT2D eigenvalue weighted by atomic mass is 9.87. The summed E-state index contributed by atoms with van der Waals surface area (Å²) >= 11 is 6.74. The van der Waals surface area contributed by atoms with Gasteiger partial charge in [0.05, 0.1) is 21.1 Å². The first-order valence-electron chi connectivity index (χ1n) is 16.1. The van der Waals surface area contributed by atoms with Crippen LogP contribution in [0, 0.1) is 33.8 Å². The van der Waals surface area contributed by atoms with Crippen molar-refractivity contribution in [1.82, 2.24) is 9.97 Å². The Kier molecular flexibility index (Phi) is 10.9. The standard InChI is InChI=1S/C42H38ClN3O4/c1-41(2,3)33-17-11-29(12-18-33)27-49-38-9-7-23-44-36(38)21-15-31-25-35(46(47)48)26-32(40(31)43)16-22-37-39(10-8-24-45-37)50-28-30-13-19-34(20-14-30)42(4,5)6/h7-14,17-20,23-26H,27-28H2,1-6H3. The quantitative estimate of drug-likeness (QED) is 0.0965. The van der Waals surface area contributed by atoms with Gasteiger partial charge in [0.1, 0.15) is 13.2 Å². The van der Waals surface area contributed by atoms with Crippen LogP contribution in [0.5, 0.6) is 11.5 Å². The lowest BCUT2D eigenvalue weighted by Gasteiger charge is -2.19. The molecule has 0 radical (unpaired) electrons. The molecule has 7 nitrogen and oxygen atoms in total. The molecule has 2 heterocycles. The van der Waals surface area contributed by atoms with Crippen LogP contribution in [0.15, 0.2) is 97.3 Å². The van der Waals surface area contributed by atoms with Crippen LogP contribution in [0.4, 0.5) is 5.69 Å². The van der Waals surface area contributed by atoms with Crippen LogP contribution < -0.4 is 9.47 Å². The number of pyridine rings is 2. The maximum atomic E-state index is 11.9. The summed E-state index contributed by atoms with van der Waals surface area (Å²) in [7, 11) is 0. The molecule has 0 aliphatic rings. The molecular formula is C42H38ClN3O4.